The van der Waals surface area contributed by atoms with Crippen molar-refractivity contribution < 1.29 is 13.2 Å². The highest BCUT2D eigenvalue weighted by molar-refractivity contribution is 7.89. The van der Waals surface area contributed by atoms with E-state index in [9.17, 15) is 13.2 Å². The summed E-state index contributed by atoms with van der Waals surface area (Å²) in [4.78, 5) is 11.8. The molecule has 5 nitrogen and oxygen atoms in total. The van der Waals surface area contributed by atoms with Gasteiger partial charge in [0.2, 0.25) is 10.0 Å². The molecule has 0 saturated carbocycles. The molecule has 7 heteroatoms. The van der Waals surface area contributed by atoms with Crippen molar-refractivity contribution in [2.45, 2.75) is 12.8 Å². The predicted octanol–water partition coefficient (Wildman–Crippen LogP) is 1.50. The van der Waals surface area contributed by atoms with E-state index >= 15 is 0 Å². The van der Waals surface area contributed by atoms with Crippen LogP contribution in [0.1, 0.15) is 23.2 Å². The van der Waals surface area contributed by atoms with Crippen molar-refractivity contribution in [3.8, 4) is 0 Å². The number of carbonyl (C=O) groups is 1. The third kappa shape index (κ3) is 3.94. The largest absolute Gasteiger partial charge is 0.351 e. The molecular formula is C13H17ClN2O3S. The minimum absolute atomic E-state index is 0.0701. The molecule has 2 rings (SSSR count). The Balaban J connectivity index is 1.85. The number of benzene rings is 1. The Morgan fingerprint density at radius 2 is 2.00 bits per heavy atom. The normalized spacial score (nSPS) is 16.2. The standard InChI is InChI=1S/C13H17ClN2O3S/c14-12-5-3-4-11(10-12)13(17)15-6-9-20(18,19)16-7-1-2-8-16/h3-5,10H,1-2,6-9H2,(H,15,17). The maximum Gasteiger partial charge on any atom is 0.251 e. The Kier molecular flexibility index (Phi) is 5.01. The van der Waals surface area contributed by atoms with E-state index in [4.69, 9.17) is 11.6 Å². The van der Waals surface area contributed by atoms with Crippen molar-refractivity contribution in [1.29, 1.82) is 0 Å². The van der Waals surface area contributed by atoms with Gasteiger partial charge in [-0.2, -0.15) is 0 Å². The van der Waals surface area contributed by atoms with Gasteiger partial charge in [-0.05, 0) is 31.0 Å². The van der Waals surface area contributed by atoms with Crippen LogP contribution in [0.3, 0.4) is 0 Å². The van der Waals surface area contributed by atoms with Gasteiger partial charge in [0.05, 0.1) is 5.75 Å². The van der Waals surface area contributed by atoms with E-state index in [1.807, 2.05) is 0 Å². The quantitative estimate of drug-likeness (QED) is 0.895. The smallest absolute Gasteiger partial charge is 0.251 e. The fraction of sp³-hybridized carbons (Fsp3) is 0.462. The summed E-state index contributed by atoms with van der Waals surface area (Å²) in [7, 11) is -3.25. The Labute approximate surface area is 124 Å². The van der Waals surface area contributed by atoms with Crippen LogP contribution in [0.4, 0.5) is 0 Å². The molecule has 1 aliphatic heterocycles. The summed E-state index contributed by atoms with van der Waals surface area (Å²) >= 11 is 5.80. The number of halogens is 1. The minimum Gasteiger partial charge on any atom is -0.351 e. The van der Waals surface area contributed by atoms with Crippen LogP contribution in [0.25, 0.3) is 0 Å². The first-order valence-corrected chi connectivity index (χ1v) is 8.49. The number of hydrogen-bond donors (Lipinski definition) is 1. The summed E-state index contributed by atoms with van der Waals surface area (Å²) in [5, 5.41) is 3.08. The van der Waals surface area contributed by atoms with Crippen LogP contribution in [-0.2, 0) is 10.0 Å². The molecule has 0 aromatic heterocycles. The zero-order valence-corrected chi connectivity index (χ0v) is 12.6. The summed E-state index contributed by atoms with van der Waals surface area (Å²) in [6.07, 6.45) is 1.82. The first-order chi connectivity index (χ1) is 9.49. The monoisotopic (exact) mass is 316 g/mol. The topological polar surface area (TPSA) is 66.5 Å². The summed E-state index contributed by atoms with van der Waals surface area (Å²) in [5.41, 5.74) is 0.427. The average molecular weight is 317 g/mol. The molecule has 1 aliphatic rings. The van der Waals surface area contributed by atoms with E-state index in [0.717, 1.165) is 12.8 Å². The number of nitrogens with zero attached hydrogens (tertiary/aromatic N) is 1. The van der Waals surface area contributed by atoms with Gasteiger partial charge in [0.1, 0.15) is 0 Å². The number of hydrogen-bond acceptors (Lipinski definition) is 3. The molecule has 110 valence electrons. The van der Waals surface area contributed by atoms with Crippen LogP contribution < -0.4 is 5.32 Å². The molecule has 0 bridgehead atoms. The highest BCUT2D eigenvalue weighted by atomic mass is 35.5. The highest BCUT2D eigenvalue weighted by Crippen LogP contribution is 2.13. The molecule has 1 fully saturated rings. The maximum atomic E-state index is 12.0. The van der Waals surface area contributed by atoms with E-state index in [1.165, 1.54) is 4.31 Å². The second-order valence-corrected chi connectivity index (χ2v) is 7.21. The van der Waals surface area contributed by atoms with Crippen LogP contribution in [-0.4, -0.2) is 44.0 Å². The number of carbonyl (C=O) groups excluding carboxylic acids is 1. The number of sulfonamides is 1. The molecule has 0 radical (unpaired) electrons. The summed E-state index contributed by atoms with van der Waals surface area (Å²) in [6.45, 7) is 1.28. The molecule has 0 aliphatic carbocycles. The van der Waals surface area contributed by atoms with Crippen molar-refractivity contribution >= 4 is 27.5 Å². The van der Waals surface area contributed by atoms with Gasteiger partial charge in [-0.15, -0.1) is 0 Å². The van der Waals surface area contributed by atoms with Crippen LogP contribution in [0.5, 0.6) is 0 Å². The van der Waals surface area contributed by atoms with Crippen molar-refractivity contribution in [3.05, 3.63) is 34.9 Å². The van der Waals surface area contributed by atoms with E-state index < -0.39 is 10.0 Å². The van der Waals surface area contributed by atoms with Crippen molar-refractivity contribution in [2.75, 3.05) is 25.4 Å². The molecule has 1 aromatic rings. The van der Waals surface area contributed by atoms with E-state index in [0.29, 0.717) is 23.7 Å². The van der Waals surface area contributed by atoms with Crippen LogP contribution in [0.2, 0.25) is 5.02 Å². The minimum atomic E-state index is -3.25. The van der Waals surface area contributed by atoms with Crippen LogP contribution >= 0.6 is 11.6 Å². The average Bonchev–Trinajstić information content (AvgIpc) is 2.93. The third-order valence-electron chi connectivity index (χ3n) is 3.19. The lowest BCUT2D eigenvalue weighted by molar-refractivity contribution is 0.0956. The van der Waals surface area contributed by atoms with E-state index in [-0.39, 0.29) is 18.2 Å². The first-order valence-electron chi connectivity index (χ1n) is 6.51. The van der Waals surface area contributed by atoms with Crippen molar-refractivity contribution in [3.63, 3.8) is 0 Å². The van der Waals surface area contributed by atoms with Crippen molar-refractivity contribution in [1.82, 2.24) is 9.62 Å². The molecule has 0 atom stereocenters. The lowest BCUT2D eigenvalue weighted by Gasteiger charge is -2.15. The Hall–Kier alpha value is -1.11. The second kappa shape index (κ2) is 6.56. The molecule has 1 aromatic carbocycles. The van der Waals surface area contributed by atoms with Crippen LogP contribution in [0.15, 0.2) is 24.3 Å². The second-order valence-electron chi connectivity index (χ2n) is 4.69. The molecule has 1 heterocycles. The van der Waals surface area contributed by atoms with E-state index in [1.54, 1.807) is 24.3 Å². The Morgan fingerprint density at radius 1 is 1.30 bits per heavy atom. The molecule has 20 heavy (non-hydrogen) atoms. The predicted molar refractivity (Wildman–Crippen MR) is 78.4 cm³/mol. The van der Waals surface area contributed by atoms with Gasteiger partial charge in [0.15, 0.2) is 0 Å². The summed E-state index contributed by atoms with van der Waals surface area (Å²) in [6, 6.07) is 6.54. The van der Waals surface area contributed by atoms with Gasteiger partial charge in [-0.25, -0.2) is 12.7 Å². The van der Waals surface area contributed by atoms with Gasteiger partial charge in [0.25, 0.3) is 5.91 Å². The zero-order valence-electron chi connectivity index (χ0n) is 11.0. The van der Waals surface area contributed by atoms with Gasteiger partial charge >= 0.3 is 0 Å². The highest BCUT2D eigenvalue weighted by Gasteiger charge is 2.24. The summed E-state index contributed by atoms with van der Waals surface area (Å²) < 4.78 is 25.4. The zero-order chi connectivity index (χ0) is 14.6. The Bertz CT molecular complexity index is 583. The third-order valence-corrected chi connectivity index (χ3v) is 5.30. The number of nitrogens with one attached hydrogen (secondary N) is 1. The van der Waals surface area contributed by atoms with Gasteiger partial charge in [0, 0.05) is 30.2 Å². The Morgan fingerprint density at radius 3 is 2.65 bits per heavy atom. The van der Waals surface area contributed by atoms with Gasteiger partial charge in [-0.1, -0.05) is 17.7 Å². The molecule has 1 amide bonds. The van der Waals surface area contributed by atoms with Crippen molar-refractivity contribution in [2.24, 2.45) is 0 Å². The van der Waals surface area contributed by atoms with E-state index in [2.05, 4.69) is 5.32 Å². The maximum absolute atomic E-state index is 12.0. The van der Waals surface area contributed by atoms with Gasteiger partial charge < -0.3 is 5.32 Å². The van der Waals surface area contributed by atoms with Gasteiger partial charge in [-0.3, -0.25) is 4.79 Å². The number of rotatable bonds is 5. The lowest BCUT2D eigenvalue weighted by atomic mass is 10.2. The van der Waals surface area contributed by atoms with Crippen LogP contribution in [0, 0.1) is 0 Å². The molecule has 0 unspecified atom stereocenters. The fourth-order valence-corrected chi connectivity index (χ4v) is 3.74. The molecule has 1 saturated heterocycles. The first kappa shape index (κ1) is 15.3. The molecule has 1 N–H and O–H groups in total. The molecule has 0 spiro atoms. The summed E-state index contributed by atoms with van der Waals surface area (Å²) in [5.74, 6) is -0.386. The fourth-order valence-electron chi connectivity index (χ4n) is 2.12. The molecular weight excluding hydrogens is 300 g/mol. The number of amides is 1. The lowest BCUT2D eigenvalue weighted by Crippen LogP contribution is -2.36. The SMILES string of the molecule is O=C(NCCS(=O)(=O)N1CCCC1)c1cccc(Cl)c1.